The summed E-state index contributed by atoms with van der Waals surface area (Å²) in [7, 11) is 0. The minimum absolute atomic E-state index is 0.989. The van der Waals surface area contributed by atoms with Crippen LogP contribution in [0.25, 0.3) is 0 Å². The molecule has 2 nitrogen and oxygen atoms in total. The van der Waals surface area contributed by atoms with E-state index in [9.17, 15) is 0 Å². The van der Waals surface area contributed by atoms with Gasteiger partial charge in [0, 0.05) is 24.5 Å². The fourth-order valence-corrected chi connectivity index (χ4v) is 3.52. The lowest BCUT2D eigenvalue weighted by atomic mass is 9.94. The summed E-state index contributed by atoms with van der Waals surface area (Å²) < 4.78 is 0. The van der Waals surface area contributed by atoms with Gasteiger partial charge in [0.25, 0.3) is 0 Å². The third kappa shape index (κ3) is 4.08. The first-order valence-corrected chi connectivity index (χ1v) is 8.13. The number of thiophene rings is 1. The van der Waals surface area contributed by atoms with E-state index >= 15 is 0 Å². The highest BCUT2D eigenvalue weighted by atomic mass is 32.1. The van der Waals surface area contributed by atoms with Crippen LogP contribution in [0.1, 0.15) is 36.6 Å². The highest BCUT2D eigenvalue weighted by molar-refractivity contribution is 7.10. The molecule has 0 saturated carbocycles. The van der Waals surface area contributed by atoms with Crippen molar-refractivity contribution in [2.75, 3.05) is 26.2 Å². The fraction of sp³-hybridized carbons (Fsp3) is 0.733. The van der Waals surface area contributed by atoms with Crippen molar-refractivity contribution >= 4 is 11.3 Å². The van der Waals surface area contributed by atoms with Crippen LogP contribution in [0.2, 0.25) is 0 Å². The van der Waals surface area contributed by atoms with Crippen molar-refractivity contribution in [3.63, 3.8) is 0 Å². The number of hydrogen-bond acceptors (Lipinski definition) is 3. The Balaban J connectivity index is 1.58. The smallest absolute Gasteiger partial charge is 0.0302 e. The molecule has 1 aliphatic heterocycles. The number of piperidine rings is 1. The summed E-state index contributed by atoms with van der Waals surface area (Å²) in [6.45, 7) is 10.5. The number of rotatable bonds is 6. The quantitative estimate of drug-likeness (QED) is 0.795. The van der Waals surface area contributed by atoms with Crippen LogP contribution in [0.5, 0.6) is 0 Å². The van der Waals surface area contributed by atoms with Gasteiger partial charge in [-0.1, -0.05) is 13.3 Å². The van der Waals surface area contributed by atoms with Crippen LogP contribution in [0.4, 0.5) is 0 Å². The summed E-state index contributed by atoms with van der Waals surface area (Å²) in [6, 6.07) is 2.21. The van der Waals surface area contributed by atoms with Crippen molar-refractivity contribution in [2.24, 2.45) is 5.92 Å². The van der Waals surface area contributed by atoms with E-state index in [1.807, 2.05) is 11.3 Å². The fourth-order valence-electron chi connectivity index (χ4n) is 2.64. The Labute approximate surface area is 115 Å². The van der Waals surface area contributed by atoms with E-state index in [1.165, 1.54) is 49.3 Å². The monoisotopic (exact) mass is 266 g/mol. The van der Waals surface area contributed by atoms with E-state index in [2.05, 4.69) is 35.5 Å². The number of aryl methyl sites for hydroxylation is 1. The van der Waals surface area contributed by atoms with E-state index < -0.39 is 0 Å². The molecule has 0 aliphatic carbocycles. The predicted octanol–water partition coefficient (Wildman–Crippen LogP) is 3.27. The standard InChI is InChI=1S/C15H26N2S/c1-3-14-4-8-17(9-5-14)10-7-16-12-15-13(2)6-11-18-15/h6,11,14,16H,3-5,7-10,12H2,1-2H3. The van der Waals surface area contributed by atoms with E-state index in [4.69, 9.17) is 0 Å². The predicted molar refractivity (Wildman–Crippen MR) is 80.2 cm³/mol. The number of hydrogen-bond donors (Lipinski definition) is 1. The summed E-state index contributed by atoms with van der Waals surface area (Å²) in [6.07, 6.45) is 4.17. The van der Waals surface area contributed by atoms with Gasteiger partial charge in [-0.25, -0.2) is 0 Å². The van der Waals surface area contributed by atoms with Crippen molar-refractivity contribution in [1.82, 2.24) is 10.2 Å². The van der Waals surface area contributed by atoms with Crippen molar-refractivity contribution in [1.29, 1.82) is 0 Å². The molecule has 0 atom stereocenters. The van der Waals surface area contributed by atoms with Crippen LogP contribution in [0.15, 0.2) is 11.4 Å². The van der Waals surface area contributed by atoms with Crippen molar-refractivity contribution < 1.29 is 0 Å². The van der Waals surface area contributed by atoms with Gasteiger partial charge in [0.1, 0.15) is 0 Å². The van der Waals surface area contributed by atoms with Gasteiger partial charge in [-0.05, 0) is 55.8 Å². The highest BCUT2D eigenvalue weighted by Crippen LogP contribution is 2.19. The summed E-state index contributed by atoms with van der Waals surface area (Å²) in [5.41, 5.74) is 1.43. The van der Waals surface area contributed by atoms with E-state index in [-0.39, 0.29) is 0 Å². The van der Waals surface area contributed by atoms with Gasteiger partial charge in [-0.3, -0.25) is 0 Å². The Kier molecular flexibility index (Phi) is 5.67. The third-order valence-electron chi connectivity index (χ3n) is 4.14. The van der Waals surface area contributed by atoms with E-state index in [0.29, 0.717) is 0 Å². The van der Waals surface area contributed by atoms with Crippen LogP contribution in [-0.4, -0.2) is 31.1 Å². The molecule has 0 unspecified atom stereocenters. The lowest BCUT2D eigenvalue weighted by Crippen LogP contribution is -2.38. The Hall–Kier alpha value is -0.380. The second-order valence-corrected chi connectivity index (χ2v) is 6.40. The molecule has 3 heteroatoms. The highest BCUT2D eigenvalue weighted by Gasteiger charge is 2.16. The van der Waals surface area contributed by atoms with Crippen LogP contribution < -0.4 is 5.32 Å². The summed E-state index contributed by atoms with van der Waals surface area (Å²) >= 11 is 1.86. The SMILES string of the molecule is CCC1CCN(CCNCc2sccc2C)CC1. The van der Waals surface area contributed by atoms with Gasteiger partial charge in [0.15, 0.2) is 0 Å². The maximum absolute atomic E-state index is 3.57. The first-order valence-electron chi connectivity index (χ1n) is 7.25. The zero-order valence-corrected chi connectivity index (χ0v) is 12.6. The van der Waals surface area contributed by atoms with Gasteiger partial charge in [-0.2, -0.15) is 0 Å². The number of likely N-dealkylation sites (tertiary alicyclic amines) is 1. The lowest BCUT2D eigenvalue weighted by molar-refractivity contribution is 0.182. The summed E-state index contributed by atoms with van der Waals surface area (Å²) in [5.74, 6) is 0.989. The molecule has 18 heavy (non-hydrogen) atoms. The summed E-state index contributed by atoms with van der Waals surface area (Å²) in [4.78, 5) is 4.10. The molecule has 1 N–H and O–H groups in total. The molecule has 0 bridgehead atoms. The zero-order valence-electron chi connectivity index (χ0n) is 11.7. The molecular formula is C15H26N2S. The molecule has 0 radical (unpaired) electrons. The average molecular weight is 266 g/mol. The molecular weight excluding hydrogens is 240 g/mol. The molecule has 1 aromatic heterocycles. The van der Waals surface area contributed by atoms with Crippen LogP contribution in [-0.2, 0) is 6.54 Å². The first-order chi connectivity index (χ1) is 8.79. The minimum Gasteiger partial charge on any atom is -0.311 e. The van der Waals surface area contributed by atoms with Gasteiger partial charge >= 0.3 is 0 Å². The van der Waals surface area contributed by atoms with Crippen LogP contribution in [0.3, 0.4) is 0 Å². The molecule has 0 spiro atoms. The number of nitrogens with one attached hydrogen (secondary N) is 1. The maximum Gasteiger partial charge on any atom is 0.0302 e. The normalized spacial score (nSPS) is 18.3. The number of nitrogens with zero attached hydrogens (tertiary/aromatic N) is 1. The molecule has 1 saturated heterocycles. The molecule has 0 amide bonds. The first kappa shape index (κ1) is 14.0. The Morgan fingerprint density at radius 1 is 1.39 bits per heavy atom. The van der Waals surface area contributed by atoms with Crippen LogP contribution in [0, 0.1) is 12.8 Å². The van der Waals surface area contributed by atoms with Gasteiger partial charge in [-0.15, -0.1) is 11.3 Å². The second kappa shape index (κ2) is 7.27. The Morgan fingerprint density at radius 2 is 2.17 bits per heavy atom. The zero-order chi connectivity index (χ0) is 12.8. The van der Waals surface area contributed by atoms with Crippen molar-refractivity contribution in [3.05, 3.63) is 21.9 Å². The second-order valence-electron chi connectivity index (χ2n) is 5.40. The van der Waals surface area contributed by atoms with Crippen molar-refractivity contribution in [3.8, 4) is 0 Å². The van der Waals surface area contributed by atoms with Crippen LogP contribution >= 0.6 is 11.3 Å². The molecule has 0 aromatic carbocycles. The topological polar surface area (TPSA) is 15.3 Å². The average Bonchev–Trinajstić information content (AvgIpc) is 2.81. The summed E-state index contributed by atoms with van der Waals surface area (Å²) in [5, 5.41) is 5.75. The molecule has 1 fully saturated rings. The van der Waals surface area contributed by atoms with E-state index in [1.54, 1.807) is 0 Å². The molecule has 1 aromatic rings. The Bertz CT molecular complexity index is 340. The molecule has 102 valence electrons. The molecule has 2 rings (SSSR count). The van der Waals surface area contributed by atoms with Gasteiger partial charge in [0.2, 0.25) is 0 Å². The molecule has 2 heterocycles. The van der Waals surface area contributed by atoms with E-state index in [0.717, 1.165) is 19.0 Å². The van der Waals surface area contributed by atoms with Gasteiger partial charge < -0.3 is 10.2 Å². The van der Waals surface area contributed by atoms with Gasteiger partial charge in [0.05, 0.1) is 0 Å². The molecule has 1 aliphatic rings. The lowest BCUT2D eigenvalue weighted by Gasteiger charge is -2.31. The minimum atomic E-state index is 0.989. The largest absolute Gasteiger partial charge is 0.311 e. The Morgan fingerprint density at radius 3 is 2.78 bits per heavy atom. The van der Waals surface area contributed by atoms with Crippen molar-refractivity contribution in [2.45, 2.75) is 39.7 Å². The maximum atomic E-state index is 3.57. The third-order valence-corrected chi connectivity index (χ3v) is 5.17.